The van der Waals surface area contributed by atoms with Gasteiger partial charge in [0.25, 0.3) is 5.56 Å². The number of carbonyl (C=O) groups is 1. The van der Waals surface area contributed by atoms with E-state index in [9.17, 15) is 18.8 Å². The van der Waals surface area contributed by atoms with Crippen LogP contribution in [0.4, 0.5) is 4.39 Å². The van der Waals surface area contributed by atoms with Gasteiger partial charge < -0.3 is 14.8 Å². The number of hydrogen-bond donors (Lipinski definition) is 1. The fourth-order valence-electron chi connectivity index (χ4n) is 4.42. The Morgan fingerprint density at radius 3 is 2.65 bits per heavy atom. The fraction of sp³-hybridized carbons (Fsp3) is 0.385. The second kappa shape index (κ2) is 12.2. The number of carbonyl (C=O) groups excluding carboxylic acids is 1. The molecule has 0 aliphatic carbocycles. The van der Waals surface area contributed by atoms with Crippen LogP contribution in [0.15, 0.2) is 40.2 Å². The number of nitrogens with one attached hydrogen (secondary N) is 1. The molecule has 0 saturated carbocycles. The van der Waals surface area contributed by atoms with Gasteiger partial charge in [0.2, 0.25) is 5.91 Å². The number of likely N-dealkylation sites (N-methyl/N-ethyl adjacent to an activating group) is 1. The molecule has 0 bridgehead atoms. The van der Waals surface area contributed by atoms with Gasteiger partial charge in [-0.2, -0.15) is 15.5 Å². The standard InChI is InChI=1S/C26H28FN7O5S/c1-5-29-22(35)16(3)33-23(36)21-15(2)24(34-30-10-11-31-34)40-25(21)32(26(33)37)14-20(39-12-6-9-28)18-13-17(27)7-8-19(18)38-4/h7-8,10-11,13,16,20H,5-6,12,14H2,1-4H3,(H,29,35)/t16?,20-/m0/s1. The third kappa shape index (κ3) is 5.38. The van der Waals surface area contributed by atoms with Crippen molar-refractivity contribution in [3.8, 4) is 16.8 Å². The monoisotopic (exact) mass is 569 g/mol. The Bertz CT molecular complexity index is 1690. The lowest BCUT2D eigenvalue weighted by Gasteiger charge is -2.23. The molecule has 0 saturated heterocycles. The van der Waals surface area contributed by atoms with Crippen LogP contribution in [0.5, 0.6) is 5.75 Å². The highest BCUT2D eigenvalue weighted by Crippen LogP contribution is 2.34. The third-order valence-electron chi connectivity index (χ3n) is 6.36. The molecule has 14 heteroatoms. The minimum absolute atomic E-state index is 0.000396. The number of benzene rings is 1. The molecule has 0 fully saturated rings. The van der Waals surface area contributed by atoms with Crippen molar-refractivity contribution >= 4 is 27.5 Å². The molecule has 0 aliphatic heterocycles. The number of methoxy groups -OCH3 is 1. The summed E-state index contributed by atoms with van der Waals surface area (Å²) < 4.78 is 28.0. The number of halogens is 1. The summed E-state index contributed by atoms with van der Waals surface area (Å²) in [7, 11) is 1.42. The summed E-state index contributed by atoms with van der Waals surface area (Å²) in [5, 5.41) is 20.8. The van der Waals surface area contributed by atoms with E-state index in [-0.39, 0.29) is 25.0 Å². The van der Waals surface area contributed by atoms with Crippen molar-refractivity contribution in [2.75, 3.05) is 20.3 Å². The zero-order chi connectivity index (χ0) is 29.0. The summed E-state index contributed by atoms with van der Waals surface area (Å²) >= 11 is 1.13. The van der Waals surface area contributed by atoms with Gasteiger partial charge in [0.1, 0.15) is 33.5 Å². The van der Waals surface area contributed by atoms with E-state index >= 15 is 0 Å². The first kappa shape index (κ1) is 28.7. The minimum atomic E-state index is -1.12. The lowest BCUT2D eigenvalue weighted by Crippen LogP contribution is -2.46. The number of ether oxygens (including phenoxy) is 2. The quantitative estimate of drug-likeness (QED) is 0.271. The van der Waals surface area contributed by atoms with Crippen molar-refractivity contribution in [2.45, 2.75) is 45.9 Å². The van der Waals surface area contributed by atoms with Gasteiger partial charge in [-0.05, 0) is 39.0 Å². The van der Waals surface area contributed by atoms with E-state index in [1.807, 2.05) is 6.07 Å². The molecule has 2 atom stereocenters. The van der Waals surface area contributed by atoms with Gasteiger partial charge in [-0.15, -0.1) is 4.80 Å². The molecule has 0 radical (unpaired) electrons. The number of hydrogen-bond acceptors (Lipinski definition) is 9. The van der Waals surface area contributed by atoms with Crippen LogP contribution in [0, 0.1) is 24.1 Å². The van der Waals surface area contributed by atoms with Crippen LogP contribution < -0.4 is 21.3 Å². The zero-order valence-electron chi connectivity index (χ0n) is 22.4. The summed E-state index contributed by atoms with van der Waals surface area (Å²) in [4.78, 5) is 42.2. The van der Waals surface area contributed by atoms with Crippen LogP contribution in [-0.2, 0) is 16.1 Å². The first-order valence-electron chi connectivity index (χ1n) is 12.5. The molecule has 3 aromatic heterocycles. The maximum absolute atomic E-state index is 14.4. The molecular formula is C26H28FN7O5S. The first-order chi connectivity index (χ1) is 19.2. The van der Waals surface area contributed by atoms with E-state index < -0.39 is 35.1 Å². The maximum atomic E-state index is 14.4. The molecule has 4 rings (SSSR count). The number of amides is 1. The Kier molecular flexibility index (Phi) is 8.76. The number of nitrogens with zero attached hydrogens (tertiary/aromatic N) is 6. The predicted molar refractivity (Wildman–Crippen MR) is 145 cm³/mol. The third-order valence-corrected chi connectivity index (χ3v) is 7.64. The van der Waals surface area contributed by atoms with Crippen LogP contribution in [0.1, 0.15) is 43.5 Å². The van der Waals surface area contributed by atoms with Crippen molar-refractivity contribution in [1.82, 2.24) is 29.4 Å². The highest BCUT2D eigenvalue weighted by molar-refractivity contribution is 7.21. The predicted octanol–water partition coefficient (Wildman–Crippen LogP) is 2.63. The number of nitriles is 1. The molecule has 210 valence electrons. The normalized spacial score (nSPS) is 12.7. The van der Waals surface area contributed by atoms with Crippen LogP contribution in [0.2, 0.25) is 0 Å². The molecule has 1 N–H and O–H groups in total. The average Bonchev–Trinajstić information content (AvgIpc) is 3.58. The summed E-state index contributed by atoms with van der Waals surface area (Å²) in [6.45, 7) is 5.06. The molecule has 0 spiro atoms. The molecule has 40 heavy (non-hydrogen) atoms. The summed E-state index contributed by atoms with van der Waals surface area (Å²) in [6.07, 6.45) is 2.09. The lowest BCUT2D eigenvalue weighted by molar-refractivity contribution is -0.123. The van der Waals surface area contributed by atoms with Crippen LogP contribution in [0.3, 0.4) is 0 Å². The van der Waals surface area contributed by atoms with Gasteiger partial charge in [-0.3, -0.25) is 14.2 Å². The van der Waals surface area contributed by atoms with E-state index in [2.05, 4.69) is 15.5 Å². The summed E-state index contributed by atoms with van der Waals surface area (Å²) in [5.41, 5.74) is -0.538. The van der Waals surface area contributed by atoms with Crippen molar-refractivity contribution < 1.29 is 18.7 Å². The Balaban J connectivity index is 1.99. The Hall–Kier alpha value is -4.35. The molecular weight excluding hydrogens is 541 g/mol. The van der Waals surface area contributed by atoms with Gasteiger partial charge in [0.15, 0.2) is 0 Å². The van der Waals surface area contributed by atoms with E-state index in [0.29, 0.717) is 33.3 Å². The molecule has 3 heterocycles. The second-order valence-corrected chi connectivity index (χ2v) is 9.80. The maximum Gasteiger partial charge on any atom is 0.332 e. The van der Waals surface area contributed by atoms with E-state index in [1.165, 1.54) is 54.0 Å². The van der Waals surface area contributed by atoms with E-state index in [1.54, 1.807) is 13.8 Å². The molecule has 4 aromatic rings. The van der Waals surface area contributed by atoms with Gasteiger partial charge >= 0.3 is 5.69 Å². The highest BCUT2D eigenvalue weighted by atomic mass is 32.1. The molecule has 1 amide bonds. The summed E-state index contributed by atoms with van der Waals surface area (Å²) in [6, 6.07) is 4.79. The highest BCUT2D eigenvalue weighted by Gasteiger charge is 2.28. The molecule has 1 aromatic carbocycles. The zero-order valence-corrected chi connectivity index (χ0v) is 23.2. The van der Waals surface area contributed by atoms with Crippen LogP contribution in [0.25, 0.3) is 15.2 Å². The van der Waals surface area contributed by atoms with Gasteiger partial charge in [0.05, 0.1) is 50.5 Å². The Morgan fingerprint density at radius 2 is 2.00 bits per heavy atom. The van der Waals surface area contributed by atoms with Crippen LogP contribution in [-0.4, -0.2) is 50.3 Å². The first-order valence-corrected chi connectivity index (χ1v) is 13.3. The molecule has 12 nitrogen and oxygen atoms in total. The molecule has 1 unspecified atom stereocenters. The number of aryl methyl sites for hydroxylation is 1. The van der Waals surface area contributed by atoms with Crippen molar-refractivity contribution in [3.63, 3.8) is 0 Å². The van der Waals surface area contributed by atoms with Crippen molar-refractivity contribution in [3.05, 3.63) is 68.4 Å². The number of rotatable bonds is 11. The van der Waals surface area contributed by atoms with Gasteiger partial charge in [0, 0.05) is 17.7 Å². The molecule has 0 aliphatic rings. The lowest BCUT2D eigenvalue weighted by atomic mass is 10.1. The number of aromatic nitrogens is 5. The van der Waals surface area contributed by atoms with E-state index in [4.69, 9.17) is 14.7 Å². The SMILES string of the molecule is CCNC(=O)C(C)n1c(=O)c2c(C)c(-n3nccn3)sc2n(C[C@H](OCCC#N)c2cc(F)ccc2OC)c1=O. The Labute approximate surface area is 232 Å². The van der Waals surface area contributed by atoms with Crippen molar-refractivity contribution in [2.24, 2.45) is 0 Å². The van der Waals surface area contributed by atoms with Gasteiger partial charge in [-0.25, -0.2) is 13.8 Å². The van der Waals surface area contributed by atoms with Crippen molar-refractivity contribution in [1.29, 1.82) is 5.26 Å². The van der Waals surface area contributed by atoms with Gasteiger partial charge in [-0.1, -0.05) is 11.3 Å². The van der Waals surface area contributed by atoms with E-state index in [0.717, 1.165) is 15.9 Å². The summed E-state index contributed by atoms with van der Waals surface area (Å²) in [5.74, 6) is -0.723. The Morgan fingerprint density at radius 1 is 1.27 bits per heavy atom. The number of thiophene rings is 1. The van der Waals surface area contributed by atoms with Crippen LogP contribution >= 0.6 is 11.3 Å². The minimum Gasteiger partial charge on any atom is -0.496 e. The largest absolute Gasteiger partial charge is 0.496 e. The number of fused-ring (bicyclic) bond motifs is 1. The second-order valence-electron chi connectivity index (χ2n) is 8.82. The average molecular weight is 570 g/mol. The fourth-order valence-corrected chi connectivity index (χ4v) is 5.64. The smallest absolute Gasteiger partial charge is 0.332 e. The topological polar surface area (TPSA) is 146 Å².